The third kappa shape index (κ3) is 3.42. The summed E-state index contributed by atoms with van der Waals surface area (Å²) in [5.41, 5.74) is 6.97. The molecule has 2 N–H and O–H groups in total. The molecule has 0 spiro atoms. The van der Waals surface area contributed by atoms with Crippen LogP contribution in [0.25, 0.3) is 0 Å². The molecule has 0 fully saturated rings. The van der Waals surface area contributed by atoms with Crippen LogP contribution in [0.1, 0.15) is 44.7 Å². The summed E-state index contributed by atoms with van der Waals surface area (Å²) in [6.45, 7) is 9.52. The minimum atomic E-state index is 0.501. The highest BCUT2D eigenvalue weighted by atomic mass is 32.1. The number of nitrogens with zero attached hydrogens (tertiary/aromatic N) is 2. The fraction of sp³-hybridized carbons (Fsp3) is 0.769. The van der Waals surface area contributed by atoms with Crippen LogP contribution in [0.5, 0.6) is 0 Å². The monoisotopic (exact) mass is 255 g/mol. The van der Waals surface area contributed by atoms with Gasteiger partial charge < -0.3 is 10.6 Å². The Bertz CT molecular complexity index is 346. The van der Waals surface area contributed by atoms with Gasteiger partial charge in [0.15, 0.2) is 5.13 Å². The maximum absolute atomic E-state index is 5.78. The molecular formula is C13H25N3S. The molecule has 4 heteroatoms. The average Bonchev–Trinajstić information content (AvgIpc) is 2.70. The van der Waals surface area contributed by atoms with Crippen LogP contribution in [0.2, 0.25) is 0 Å². The third-order valence-corrected chi connectivity index (χ3v) is 4.53. The summed E-state index contributed by atoms with van der Waals surface area (Å²) in [7, 11) is 2.12. The number of hydrogen-bond acceptors (Lipinski definition) is 4. The maximum Gasteiger partial charge on any atom is 0.185 e. The second-order valence-electron chi connectivity index (χ2n) is 4.92. The lowest BCUT2D eigenvalue weighted by Crippen LogP contribution is -2.33. The van der Waals surface area contributed by atoms with Crippen LogP contribution in [0.15, 0.2) is 0 Å². The molecule has 3 nitrogen and oxygen atoms in total. The van der Waals surface area contributed by atoms with Crippen molar-refractivity contribution in [2.75, 3.05) is 11.9 Å². The zero-order valence-corrected chi connectivity index (χ0v) is 12.5. The average molecular weight is 255 g/mol. The van der Waals surface area contributed by atoms with Crippen LogP contribution < -0.4 is 10.6 Å². The largest absolute Gasteiger partial charge is 0.348 e. The van der Waals surface area contributed by atoms with Gasteiger partial charge in [-0.05, 0) is 19.3 Å². The first kappa shape index (κ1) is 14.5. The molecule has 1 unspecified atom stereocenters. The quantitative estimate of drug-likeness (QED) is 0.849. The summed E-state index contributed by atoms with van der Waals surface area (Å²) in [5.74, 6) is 0.625. The molecule has 0 amide bonds. The van der Waals surface area contributed by atoms with E-state index >= 15 is 0 Å². The molecule has 0 aliphatic rings. The van der Waals surface area contributed by atoms with E-state index in [1.165, 1.54) is 10.6 Å². The predicted molar refractivity (Wildman–Crippen MR) is 76.7 cm³/mol. The molecule has 0 aliphatic carbocycles. The molecular weight excluding hydrogens is 230 g/mol. The van der Waals surface area contributed by atoms with E-state index < -0.39 is 0 Å². The SMILES string of the molecule is CCCc1nc(N(C)C(C)C(C)C)sc1CN. The molecule has 1 heterocycles. The van der Waals surface area contributed by atoms with Crippen LogP contribution in [0.4, 0.5) is 5.13 Å². The minimum absolute atomic E-state index is 0.501. The maximum atomic E-state index is 5.78. The van der Waals surface area contributed by atoms with E-state index in [1.807, 2.05) is 0 Å². The molecule has 1 aromatic rings. The van der Waals surface area contributed by atoms with Gasteiger partial charge in [0, 0.05) is 24.5 Å². The van der Waals surface area contributed by atoms with E-state index in [4.69, 9.17) is 10.7 Å². The van der Waals surface area contributed by atoms with E-state index in [1.54, 1.807) is 11.3 Å². The van der Waals surface area contributed by atoms with E-state index in [2.05, 4.69) is 39.6 Å². The zero-order chi connectivity index (χ0) is 13.0. The number of anilines is 1. The Morgan fingerprint density at radius 3 is 2.47 bits per heavy atom. The first-order chi connectivity index (χ1) is 8.01. The summed E-state index contributed by atoms with van der Waals surface area (Å²) in [5, 5.41) is 1.11. The lowest BCUT2D eigenvalue weighted by molar-refractivity contribution is 0.505. The Morgan fingerprint density at radius 1 is 1.35 bits per heavy atom. The van der Waals surface area contributed by atoms with Gasteiger partial charge >= 0.3 is 0 Å². The number of aryl methyl sites for hydroxylation is 1. The predicted octanol–water partition coefficient (Wildman–Crippen LogP) is 3.04. The summed E-state index contributed by atoms with van der Waals surface area (Å²) in [4.78, 5) is 8.25. The van der Waals surface area contributed by atoms with E-state index in [0.717, 1.165) is 18.0 Å². The topological polar surface area (TPSA) is 42.2 Å². The standard InChI is InChI=1S/C13H25N3S/c1-6-7-11-12(8-14)17-13(15-11)16(5)10(4)9(2)3/h9-10H,6-8,14H2,1-5H3. The highest BCUT2D eigenvalue weighted by Crippen LogP contribution is 2.28. The normalized spacial score (nSPS) is 13.1. The molecule has 0 aliphatic heterocycles. The van der Waals surface area contributed by atoms with Crippen molar-refractivity contribution < 1.29 is 0 Å². The minimum Gasteiger partial charge on any atom is -0.348 e. The van der Waals surface area contributed by atoms with E-state index in [0.29, 0.717) is 18.5 Å². The van der Waals surface area contributed by atoms with Crippen molar-refractivity contribution >= 4 is 16.5 Å². The van der Waals surface area contributed by atoms with Gasteiger partial charge in [-0.3, -0.25) is 0 Å². The summed E-state index contributed by atoms with van der Waals surface area (Å²) < 4.78 is 0. The molecule has 0 saturated carbocycles. The van der Waals surface area contributed by atoms with Crippen molar-refractivity contribution in [3.63, 3.8) is 0 Å². The number of hydrogen-bond donors (Lipinski definition) is 1. The summed E-state index contributed by atoms with van der Waals surface area (Å²) in [6, 6.07) is 0.501. The van der Waals surface area contributed by atoms with Gasteiger partial charge in [-0.25, -0.2) is 4.98 Å². The molecule has 1 aromatic heterocycles. The molecule has 0 bridgehead atoms. The lowest BCUT2D eigenvalue weighted by Gasteiger charge is -2.27. The lowest BCUT2D eigenvalue weighted by atomic mass is 10.1. The van der Waals surface area contributed by atoms with E-state index in [9.17, 15) is 0 Å². The van der Waals surface area contributed by atoms with Gasteiger partial charge in [-0.1, -0.05) is 27.2 Å². The second-order valence-corrected chi connectivity index (χ2v) is 5.98. The molecule has 17 heavy (non-hydrogen) atoms. The Balaban J connectivity index is 2.90. The Morgan fingerprint density at radius 2 is 2.00 bits per heavy atom. The highest BCUT2D eigenvalue weighted by molar-refractivity contribution is 7.15. The summed E-state index contributed by atoms with van der Waals surface area (Å²) in [6.07, 6.45) is 2.16. The zero-order valence-electron chi connectivity index (χ0n) is 11.7. The van der Waals surface area contributed by atoms with Crippen molar-refractivity contribution in [3.8, 4) is 0 Å². The molecule has 1 atom stereocenters. The van der Waals surface area contributed by atoms with Crippen LogP contribution in [-0.2, 0) is 13.0 Å². The van der Waals surface area contributed by atoms with Gasteiger partial charge in [0.1, 0.15) is 0 Å². The molecule has 1 rings (SSSR count). The van der Waals surface area contributed by atoms with Crippen LogP contribution in [-0.4, -0.2) is 18.1 Å². The first-order valence-electron chi connectivity index (χ1n) is 6.42. The van der Waals surface area contributed by atoms with Crippen molar-refractivity contribution in [1.29, 1.82) is 0 Å². The molecule has 0 saturated heterocycles. The number of aromatic nitrogens is 1. The smallest absolute Gasteiger partial charge is 0.185 e. The second kappa shape index (κ2) is 6.36. The van der Waals surface area contributed by atoms with Crippen molar-refractivity contribution in [3.05, 3.63) is 10.6 Å². The third-order valence-electron chi connectivity index (χ3n) is 3.32. The molecule has 0 radical (unpaired) electrons. The molecule has 0 aromatic carbocycles. The van der Waals surface area contributed by atoms with Crippen molar-refractivity contribution in [2.24, 2.45) is 11.7 Å². The van der Waals surface area contributed by atoms with Crippen molar-refractivity contribution in [1.82, 2.24) is 4.98 Å². The van der Waals surface area contributed by atoms with Crippen LogP contribution in [0.3, 0.4) is 0 Å². The Hall–Kier alpha value is -0.610. The van der Waals surface area contributed by atoms with Gasteiger partial charge in [0.25, 0.3) is 0 Å². The van der Waals surface area contributed by atoms with Gasteiger partial charge in [0.05, 0.1) is 5.69 Å². The fourth-order valence-corrected chi connectivity index (χ4v) is 2.77. The van der Waals surface area contributed by atoms with Gasteiger partial charge in [0.2, 0.25) is 0 Å². The fourth-order valence-electron chi connectivity index (χ4n) is 1.73. The van der Waals surface area contributed by atoms with Gasteiger partial charge in [-0.15, -0.1) is 11.3 Å². The molecule has 98 valence electrons. The summed E-state index contributed by atoms with van der Waals surface area (Å²) >= 11 is 1.74. The Labute approximate surface area is 109 Å². The number of thiazole rings is 1. The van der Waals surface area contributed by atoms with Crippen LogP contribution in [0, 0.1) is 5.92 Å². The highest BCUT2D eigenvalue weighted by Gasteiger charge is 2.18. The number of rotatable bonds is 6. The Kier molecular flexibility index (Phi) is 5.40. The van der Waals surface area contributed by atoms with Crippen LogP contribution >= 0.6 is 11.3 Å². The number of nitrogens with two attached hydrogens (primary N) is 1. The van der Waals surface area contributed by atoms with E-state index in [-0.39, 0.29) is 0 Å². The van der Waals surface area contributed by atoms with Gasteiger partial charge in [-0.2, -0.15) is 0 Å². The first-order valence-corrected chi connectivity index (χ1v) is 7.24. The van der Waals surface area contributed by atoms with Crippen molar-refractivity contribution in [2.45, 2.75) is 53.1 Å².